The summed E-state index contributed by atoms with van der Waals surface area (Å²) in [5.41, 5.74) is -0.501. The minimum absolute atomic E-state index is 0.0141. The second-order valence-electron chi connectivity index (χ2n) is 8.33. The van der Waals surface area contributed by atoms with Crippen LogP contribution >= 0.6 is 11.8 Å². The van der Waals surface area contributed by atoms with E-state index >= 15 is 0 Å². The minimum atomic E-state index is -1.22. The van der Waals surface area contributed by atoms with Crippen LogP contribution in [0.5, 0.6) is 0 Å². The number of carbonyl (C=O) groups excluding carboxylic acids is 3. The van der Waals surface area contributed by atoms with Crippen LogP contribution in [0.3, 0.4) is 0 Å². The van der Waals surface area contributed by atoms with Gasteiger partial charge in [-0.3, -0.25) is 14.4 Å². The molecule has 33 heavy (non-hydrogen) atoms. The highest BCUT2D eigenvalue weighted by molar-refractivity contribution is 8.00. The molecule has 5 N–H and O–H groups in total. The van der Waals surface area contributed by atoms with Gasteiger partial charge in [0.1, 0.15) is 17.5 Å². The third-order valence-corrected chi connectivity index (χ3v) is 7.27. The normalized spacial score (nSPS) is 24.6. The van der Waals surface area contributed by atoms with Crippen molar-refractivity contribution in [3.8, 4) is 0 Å². The zero-order valence-electron chi connectivity index (χ0n) is 17.9. The van der Waals surface area contributed by atoms with Crippen LogP contribution in [0.4, 0.5) is 10.5 Å². The summed E-state index contributed by atoms with van der Waals surface area (Å²) >= 11 is 1.32. The van der Waals surface area contributed by atoms with Gasteiger partial charge >= 0.3 is 18.0 Å². The monoisotopic (exact) mass is 478 g/mol. The van der Waals surface area contributed by atoms with Crippen molar-refractivity contribution in [1.82, 2.24) is 15.5 Å². The molecule has 2 saturated heterocycles. The summed E-state index contributed by atoms with van der Waals surface area (Å²) in [6.07, 6.45) is 0.207. The number of amides is 4. The first-order chi connectivity index (χ1) is 15.6. The van der Waals surface area contributed by atoms with Crippen LogP contribution in [0.1, 0.15) is 26.2 Å². The first kappa shape index (κ1) is 24.4. The number of benzene rings is 1. The maximum atomic E-state index is 12.4. The Morgan fingerprint density at radius 1 is 1.21 bits per heavy atom. The number of hydrogen-bond donors (Lipinski definition) is 5. The molecule has 2 aliphatic rings. The summed E-state index contributed by atoms with van der Waals surface area (Å²) in [5, 5.41) is 26.0. The van der Waals surface area contributed by atoms with E-state index in [0.717, 1.165) is 0 Å². The zero-order chi connectivity index (χ0) is 24.2. The molecule has 2 aliphatic heterocycles. The first-order valence-electron chi connectivity index (χ1n) is 10.4. The van der Waals surface area contributed by atoms with Crippen LogP contribution in [0.2, 0.25) is 0 Å². The SMILES string of the molecule is CC1(C(=O)O)CS[C@@H]2C(NC(=O)CCCC(NC(=O)Nc3ccccc3)C(=O)O)C(=O)N2C1. The van der Waals surface area contributed by atoms with Gasteiger partial charge in [-0.15, -0.1) is 11.8 Å². The van der Waals surface area contributed by atoms with Crippen LogP contribution < -0.4 is 16.0 Å². The topological polar surface area (TPSA) is 165 Å². The van der Waals surface area contributed by atoms with E-state index in [4.69, 9.17) is 0 Å². The molecule has 3 unspecified atom stereocenters. The lowest BCUT2D eigenvalue weighted by molar-refractivity contribution is -0.158. The number of β-lactam (4-membered cyclic amide) rings is 1. The van der Waals surface area contributed by atoms with Crippen LogP contribution in [-0.4, -0.2) is 74.7 Å². The highest BCUT2D eigenvalue weighted by atomic mass is 32.2. The summed E-state index contributed by atoms with van der Waals surface area (Å²) in [6, 6.07) is 6.00. The lowest BCUT2D eigenvalue weighted by atomic mass is 9.89. The summed E-state index contributed by atoms with van der Waals surface area (Å²) in [4.78, 5) is 61.0. The number of nitrogens with one attached hydrogen (secondary N) is 3. The Labute approximate surface area is 194 Å². The van der Waals surface area contributed by atoms with E-state index in [1.165, 1.54) is 16.7 Å². The molecule has 0 bridgehead atoms. The summed E-state index contributed by atoms with van der Waals surface area (Å²) in [5.74, 6) is -2.58. The summed E-state index contributed by atoms with van der Waals surface area (Å²) in [6.45, 7) is 1.69. The van der Waals surface area contributed by atoms with Crippen molar-refractivity contribution in [3.63, 3.8) is 0 Å². The lowest BCUT2D eigenvalue weighted by Crippen LogP contribution is -2.73. The van der Waals surface area contributed by atoms with E-state index in [-0.39, 0.29) is 37.1 Å². The number of rotatable bonds is 9. The highest BCUT2D eigenvalue weighted by Crippen LogP contribution is 2.41. The van der Waals surface area contributed by atoms with Crippen molar-refractivity contribution in [2.75, 3.05) is 17.6 Å². The Morgan fingerprint density at radius 3 is 2.55 bits per heavy atom. The molecule has 1 aromatic rings. The molecule has 3 rings (SSSR count). The Hall–Kier alpha value is -3.28. The average molecular weight is 479 g/mol. The van der Waals surface area contributed by atoms with Crippen molar-refractivity contribution in [3.05, 3.63) is 30.3 Å². The van der Waals surface area contributed by atoms with Crippen LogP contribution in [-0.2, 0) is 19.2 Å². The second-order valence-corrected chi connectivity index (χ2v) is 9.43. The molecule has 0 radical (unpaired) electrons. The van der Waals surface area contributed by atoms with Gasteiger partial charge in [0.25, 0.3) is 0 Å². The van der Waals surface area contributed by atoms with Crippen LogP contribution in [0, 0.1) is 5.41 Å². The zero-order valence-corrected chi connectivity index (χ0v) is 18.8. The van der Waals surface area contributed by atoms with Gasteiger partial charge in [0, 0.05) is 24.4 Å². The van der Waals surface area contributed by atoms with Crippen molar-refractivity contribution >= 4 is 47.2 Å². The van der Waals surface area contributed by atoms with Gasteiger partial charge in [-0.1, -0.05) is 18.2 Å². The number of hydrogen-bond acceptors (Lipinski definition) is 6. The number of aliphatic carboxylic acids is 2. The van der Waals surface area contributed by atoms with Crippen molar-refractivity contribution in [1.29, 1.82) is 0 Å². The number of fused-ring (bicyclic) bond motifs is 1. The molecule has 2 heterocycles. The molecule has 0 aliphatic carbocycles. The van der Waals surface area contributed by atoms with E-state index in [1.807, 2.05) is 0 Å². The van der Waals surface area contributed by atoms with Gasteiger partial charge in [-0.25, -0.2) is 9.59 Å². The van der Waals surface area contributed by atoms with Crippen molar-refractivity contribution < 1.29 is 34.2 Å². The number of carboxylic acids is 2. The molecule has 11 nitrogen and oxygen atoms in total. The smallest absolute Gasteiger partial charge is 0.326 e. The Bertz CT molecular complexity index is 944. The fourth-order valence-electron chi connectivity index (χ4n) is 3.65. The van der Waals surface area contributed by atoms with Gasteiger partial charge in [0.15, 0.2) is 0 Å². The summed E-state index contributed by atoms with van der Waals surface area (Å²) < 4.78 is 0. The molecular formula is C21H26N4O7S. The molecule has 4 atom stereocenters. The van der Waals surface area contributed by atoms with E-state index in [1.54, 1.807) is 37.3 Å². The lowest BCUT2D eigenvalue weighted by Gasteiger charge is -2.53. The molecule has 178 valence electrons. The maximum absolute atomic E-state index is 12.4. The van der Waals surface area contributed by atoms with Crippen LogP contribution in [0.25, 0.3) is 0 Å². The number of carboxylic acid groups (broad SMARTS) is 2. The fourth-order valence-corrected chi connectivity index (χ4v) is 5.14. The number of para-hydroxylation sites is 1. The number of carbonyl (C=O) groups is 5. The van der Waals surface area contributed by atoms with E-state index in [9.17, 15) is 34.2 Å². The third-order valence-electron chi connectivity index (χ3n) is 5.60. The molecule has 0 aromatic heterocycles. The second kappa shape index (κ2) is 10.1. The van der Waals surface area contributed by atoms with Gasteiger partial charge in [0.05, 0.1) is 5.41 Å². The first-order valence-corrected chi connectivity index (χ1v) is 11.5. The number of urea groups is 1. The largest absolute Gasteiger partial charge is 0.481 e. The van der Waals surface area contributed by atoms with Crippen molar-refractivity contribution in [2.24, 2.45) is 5.41 Å². The molecule has 12 heteroatoms. The quantitative estimate of drug-likeness (QED) is 0.327. The van der Waals surface area contributed by atoms with Gasteiger partial charge in [0.2, 0.25) is 11.8 Å². The predicted octanol–water partition coefficient (Wildman–Crippen LogP) is 0.922. The van der Waals surface area contributed by atoms with E-state index in [0.29, 0.717) is 11.4 Å². The maximum Gasteiger partial charge on any atom is 0.326 e. The number of thioether (sulfide) groups is 1. The molecular weight excluding hydrogens is 452 g/mol. The molecule has 2 fully saturated rings. The summed E-state index contributed by atoms with van der Waals surface area (Å²) in [7, 11) is 0. The number of nitrogens with zero attached hydrogens (tertiary/aromatic N) is 1. The highest BCUT2D eigenvalue weighted by Gasteiger charge is 2.55. The third kappa shape index (κ3) is 5.75. The standard InChI is InChI=1S/C21H26N4O7S/c1-21(19(30)31)10-25-16(27)15(17(25)33-11-21)24-14(26)9-5-8-13(18(28)29)23-20(32)22-12-6-3-2-4-7-12/h2-4,6-7,13,15,17H,5,8-11H2,1H3,(H,24,26)(H,28,29)(H,30,31)(H2,22,23,32)/t13?,15?,17-,21?/m1/s1. The molecule has 0 saturated carbocycles. The van der Waals surface area contributed by atoms with Gasteiger partial charge in [-0.05, 0) is 31.9 Å². The molecule has 0 spiro atoms. The molecule has 1 aromatic carbocycles. The Morgan fingerprint density at radius 2 is 1.91 bits per heavy atom. The van der Waals surface area contributed by atoms with Crippen molar-refractivity contribution in [2.45, 2.75) is 43.6 Å². The average Bonchev–Trinajstić information content (AvgIpc) is 2.77. The van der Waals surface area contributed by atoms with Gasteiger partial charge in [-0.2, -0.15) is 0 Å². The fraction of sp³-hybridized carbons (Fsp3) is 0.476. The Balaban J connectivity index is 1.42. The molecule has 4 amide bonds. The van der Waals surface area contributed by atoms with E-state index in [2.05, 4.69) is 16.0 Å². The van der Waals surface area contributed by atoms with E-state index < -0.39 is 41.4 Å². The van der Waals surface area contributed by atoms with Crippen LogP contribution in [0.15, 0.2) is 30.3 Å². The number of anilines is 1. The Kier molecular flexibility index (Phi) is 7.46. The minimum Gasteiger partial charge on any atom is -0.481 e. The predicted molar refractivity (Wildman–Crippen MR) is 120 cm³/mol. The van der Waals surface area contributed by atoms with Gasteiger partial charge < -0.3 is 31.1 Å².